The van der Waals surface area contributed by atoms with Crippen LogP contribution in [0.1, 0.15) is 17.7 Å². The van der Waals surface area contributed by atoms with Crippen molar-refractivity contribution in [1.29, 1.82) is 0 Å². The van der Waals surface area contributed by atoms with Crippen molar-refractivity contribution in [2.24, 2.45) is 0 Å². The molecular weight excluding hydrogens is 314 g/mol. The molecule has 2 aromatic heterocycles. The largest absolute Gasteiger partial charge is 0.370 e. The monoisotopic (exact) mass is 335 g/mol. The summed E-state index contributed by atoms with van der Waals surface area (Å²) in [7, 11) is 0. The fourth-order valence-electron chi connectivity index (χ4n) is 3.11. The number of amides is 2. The highest BCUT2D eigenvalue weighted by Gasteiger charge is 2.10. The van der Waals surface area contributed by atoms with Crippen molar-refractivity contribution in [1.82, 2.24) is 15.3 Å². The summed E-state index contributed by atoms with van der Waals surface area (Å²) in [6.07, 6.45) is 4.83. The standard InChI is InChI=1S/C19H21N5O/c25-19(24-16-6-3-13-7-10-20-17(13)12-16)22-11-8-15-5-4-14-2-1-9-21-18(14)23-15/h3-7,10,12,20H,1-2,8-9,11H2,(H,21,23)(H2,22,24,25). The van der Waals surface area contributed by atoms with Crippen LogP contribution in [-0.4, -0.2) is 29.1 Å². The summed E-state index contributed by atoms with van der Waals surface area (Å²) < 4.78 is 0. The first-order chi connectivity index (χ1) is 12.3. The highest BCUT2D eigenvalue weighted by atomic mass is 16.2. The maximum absolute atomic E-state index is 12.0. The number of carbonyl (C=O) groups is 1. The van der Waals surface area contributed by atoms with Crippen molar-refractivity contribution in [3.05, 3.63) is 53.9 Å². The Bertz CT molecular complexity index is 902. The van der Waals surface area contributed by atoms with Gasteiger partial charge in [0, 0.05) is 42.6 Å². The van der Waals surface area contributed by atoms with E-state index in [4.69, 9.17) is 0 Å². The number of hydrogen-bond acceptors (Lipinski definition) is 3. The Morgan fingerprint density at radius 3 is 3.12 bits per heavy atom. The topological polar surface area (TPSA) is 81.8 Å². The van der Waals surface area contributed by atoms with E-state index in [9.17, 15) is 4.79 Å². The molecule has 6 heteroatoms. The van der Waals surface area contributed by atoms with Crippen LogP contribution in [0.15, 0.2) is 42.6 Å². The number of pyridine rings is 1. The summed E-state index contributed by atoms with van der Waals surface area (Å²) in [4.78, 5) is 19.8. The third kappa shape index (κ3) is 3.57. The first kappa shape index (κ1) is 15.5. The van der Waals surface area contributed by atoms with Gasteiger partial charge < -0.3 is 20.9 Å². The Kier molecular flexibility index (Phi) is 4.24. The SMILES string of the molecule is O=C(NCCc1ccc2c(n1)NCCC2)Nc1ccc2cc[nH]c2c1. The van der Waals surface area contributed by atoms with Crippen LogP contribution in [0.25, 0.3) is 10.9 Å². The van der Waals surface area contributed by atoms with Crippen molar-refractivity contribution in [2.75, 3.05) is 23.7 Å². The van der Waals surface area contributed by atoms with Gasteiger partial charge in [0.1, 0.15) is 5.82 Å². The van der Waals surface area contributed by atoms with Crippen LogP contribution >= 0.6 is 0 Å². The number of fused-ring (bicyclic) bond motifs is 2. The van der Waals surface area contributed by atoms with E-state index in [1.54, 1.807) is 0 Å². The minimum absolute atomic E-state index is 0.206. The molecule has 1 aromatic carbocycles. The molecule has 0 unspecified atom stereocenters. The first-order valence-electron chi connectivity index (χ1n) is 8.62. The Morgan fingerprint density at radius 2 is 2.16 bits per heavy atom. The van der Waals surface area contributed by atoms with Gasteiger partial charge in [0.2, 0.25) is 0 Å². The van der Waals surface area contributed by atoms with Gasteiger partial charge >= 0.3 is 6.03 Å². The van der Waals surface area contributed by atoms with Crippen LogP contribution in [0, 0.1) is 0 Å². The number of rotatable bonds is 4. The van der Waals surface area contributed by atoms with Crippen molar-refractivity contribution in [3.8, 4) is 0 Å². The average Bonchev–Trinajstić information content (AvgIpc) is 3.09. The van der Waals surface area contributed by atoms with Crippen LogP contribution in [0.3, 0.4) is 0 Å². The quantitative estimate of drug-likeness (QED) is 0.590. The van der Waals surface area contributed by atoms with Crippen LogP contribution in [0.2, 0.25) is 0 Å². The van der Waals surface area contributed by atoms with Gasteiger partial charge in [-0.2, -0.15) is 0 Å². The second-order valence-corrected chi connectivity index (χ2v) is 6.25. The molecule has 0 radical (unpaired) electrons. The molecule has 4 N–H and O–H groups in total. The number of urea groups is 1. The molecule has 3 aromatic rings. The number of carbonyl (C=O) groups excluding carboxylic acids is 1. The summed E-state index contributed by atoms with van der Waals surface area (Å²) in [6.45, 7) is 1.53. The zero-order valence-electron chi connectivity index (χ0n) is 13.9. The van der Waals surface area contributed by atoms with Crippen molar-refractivity contribution in [3.63, 3.8) is 0 Å². The number of hydrogen-bond donors (Lipinski definition) is 4. The third-order valence-electron chi connectivity index (χ3n) is 4.43. The zero-order chi connectivity index (χ0) is 17.1. The highest BCUT2D eigenvalue weighted by Crippen LogP contribution is 2.20. The molecule has 0 fully saturated rings. The summed E-state index contributed by atoms with van der Waals surface area (Å²) >= 11 is 0. The fraction of sp³-hybridized carbons (Fsp3) is 0.263. The molecule has 0 spiro atoms. The van der Waals surface area contributed by atoms with Crippen molar-refractivity contribution >= 4 is 28.4 Å². The lowest BCUT2D eigenvalue weighted by atomic mass is 10.1. The van der Waals surface area contributed by atoms with E-state index in [0.29, 0.717) is 13.0 Å². The summed E-state index contributed by atoms with van der Waals surface area (Å²) in [5, 5.41) is 10.2. The molecule has 1 aliphatic rings. The Labute approximate surface area is 146 Å². The van der Waals surface area contributed by atoms with E-state index in [1.807, 2.05) is 36.5 Å². The van der Waals surface area contributed by atoms with E-state index in [2.05, 4.69) is 32.0 Å². The van der Waals surface area contributed by atoms with E-state index in [0.717, 1.165) is 47.5 Å². The van der Waals surface area contributed by atoms with E-state index >= 15 is 0 Å². The summed E-state index contributed by atoms with van der Waals surface area (Å²) in [5.41, 5.74) is 4.04. The van der Waals surface area contributed by atoms with Crippen LogP contribution in [0.4, 0.5) is 16.3 Å². The number of aromatic nitrogens is 2. The van der Waals surface area contributed by atoms with Crippen LogP contribution in [0.5, 0.6) is 0 Å². The van der Waals surface area contributed by atoms with Gasteiger partial charge in [-0.25, -0.2) is 9.78 Å². The van der Waals surface area contributed by atoms with Gasteiger partial charge in [-0.1, -0.05) is 12.1 Å². The number of benzene rings is 1. The molecule has 25 heavy (non-hydrogen) atoms. The molecule has 3 heterocycles. The lowest BCUT2D eigenvalue weighted by molar-refractivity contribution is 0.252. The highest BCUT2D eigenvalue weighted by molar-refractivity contribution is 5.92. The minimum Gasteiger partial charge on any atom is -0.370 e. The molecule has 6 nitrogen and oxygen atoms in total. The molecule has 0 aliphatic carbocycles. The van der Waals surface area contributed by atoms with E-state index in [-0.39, 0.29) is 6.03 Å². The average molecular weight is 335 g/mol. The first-order valence-corrected chi connectivity index (χ1v) is 8.62. The Morgan fingerprint density at radius 1 is 1.20 bits per heavy atom. The normalized spacial score (nSPS) is 13.1. The predicted octanol–water partition coefficient (Wildman–Crippen LogP) is 3.29. The maximum atomic E-state index is 12.0. The fourth-order valence-corrected chi connectivity index (χ4v) is 3.11. The van der Waals surface area contributed by atoms with Gasteiger partial charge in [0.15, 0.2) is 0 Å². The number of anilines is 2. The van der Waals surface area contributed by atoms with Gasteiger partial charge in [0.05, 0.1) is 0 Å². The molecule has 0 bridgehead atoms. The van der Waals surface area contributed by atoms with Crippen LogP contribution in [-0.2, 0) is 12.8 Å². The second kappa shape index (κ2) is 6.84. The van der Waals surface area contributed by atoms with Crippen molar-refractivity contribution < 1.29 is 4.79 Å². The van der Waals surface area contributed by atoms with Gasteiger partial charge in [-0.15, -0.1) is 0 Å². The molecule has 4 rings (SSSR count). The maximum Gasteiger partial charge on any atom is 0.319 e. The molecule has 1 aliphatic heterocycles. The molecule has 128 valence electrons. The lowest BCUT2D eigenvalue weighted by Crippen LogP contribution is -2.30. The van der Waals surface area contributed by atoms with Gasteiger partial charge in [0.25, 0.3) is 0 Å². The molecule has 2 amide bonds. The smallest absolute Gasteiger partial charge is 0.319 e. The van der Waals surface area contributed by atoms with Gasteiger partial charge in [-0.05, 0) is 48.1 Å². The Hall–Kier alpha value is -3.02. The molecule has 0 atom stereocenters. The van der Waals surface area contributed by atoms with E-state index in [1.165, 1.54) is 5.56 Å². The number of nitrogens with one attached hydrogen (secondary N) is 4. The minimum atomic E-state index is -0.206. The third-order valence-corrected chi connectivity index (χ3v) is 4.43. The zero-order valence-corrected chi connectivity index (χ0v) is 13.9. The molecular formula is C19H21N5O. The van der Waals surface area contributed by atoms with Gasteiger partial charge in [-0.3, -0.25) is 0 Å². The van der Waals surface area contributed by atoms with Crippen LogP contribution < -0.4 is 16.0 Å². The number of aromatic amines is 1. The second-order valence-electron chi connectivity index (χ2n) is 6.25. The number of aryl methyl sites for hydroxylation is 1. The summed E-state index contributed by atoms with van der Waals surface area (Å²) in [5.74, 6) is 0.993. The predicted molar refractivity (Wildman–Crippen MR) is 100 cm³/mol. The Balaban J connectivity index is 1.30. The molecule has 0 saturated carbocycles. The lowest BCUT2D eigenvalue weighted by Gasteiger charge is -2.17. The number of nitrogens with zero attached hydrogens (tertiary/aromatic N) is 1. The molecule has 0 saturated heterocycles. The van der Waals surface area contributed by atoms with Crippen molar-refractivity contribution in [2.45, 2.75) is 19.3 Å². The summed E-state index contributed by atoms with van der Waals surface area (Å²) in [6, 6.07) is 11.8. The number of H-pyrrole nitrogens is 1. The van der Waals surface area contributed by atoms with E-state index < -0.39 is 0 Å².